The first-order valence-electron chi connectivity index (χ1n) is 19.3. The molecule has 56 heavy (non-hydrogen) atoms. The molecule has 1 aliphatic heterocycles. The molecule has 0 bridgehead atoms. The van der Waals surface area contributed by atoms with Crippen LogP contribution in [0.5, 0.6) is 0 Å². The Morgan fingerprint density at radius 1 is 0.357 bits per heavy atom. The Hall–Kier alpha value is -7.36. The molecule has 8 aromatic carbocycles. The number of fused-ring (bicyclic) bond motifs is 6. The summed E-state index contributed by atoms with van der Waals surface area (Å²) in [4.78, 5) is 0. The number of dihydropyridines is 1. The summed E-state index contributed by atoms with van der Waals surface area (Å²) >= 11 is 0. The van der Waals surface area contributed by atoms with Crippen molar-refractivity contribution in [3.63, 3.8) is 0 Å². The van der Waals surface area contributed by atoms with Gasteiger partial charge in [0.05, 0.1) is 28.1 Å². The fraction of sp³-hybridized carbons (Fsp3) is 0.0189. The highest BCUT2D eigenvalue weighted by molar-refractivity contribution is 6.12. The van der Waals surface area contributed by atoms with E-state index in [0.29, 0.717) is 0 Å². The molecule has 0 aliphatic carbocycles. The van der Waals surface area contributed by atoms with Crippen molar-refractivity contribution in [2.75, 3.05) is 0 Å². The van der Waals surface area contributed by atoms with Crippen molar-refractivity contribution in [2.24, 2.45) is 0 Å². The highest BCUT2D eigenvalue weighted by atomic mass is 15.0. The standard InChI is InChI=1S/C53H37N3/c1-4-14-37(15-5-1)48-34-41(35-49(54-48)38-16-6-2-7-17-38)36-24-28-43(29-25-36)56-51-23-13-11-21-45(51)47-33-40(27-31-53(47)56)39-26-30-52-46(32-39)44-20-10-12-22-50(44)55(52)42-18-8-3-9-19-42/h1-35,48,54H. The van der Waals surface area contributed by atoms with Gasteiger partial charge in [-0.05, 0) is 106 Å². The Balaban J connectivity index is 0.995. The zero-order valence-electron chi connectivity index (χ0n) is 30.7. The third-order valence-corrected chi connectivity index (χ3v) is 11.4. The number of allylic oxidation sites excluding steroid dienone is 2. The first-order valence-corrected chi connectivity index (χ1v) is 19.3. The second-order valence-corrected chi connectivity index (χ2v) is 14.6. The van der Waals surface area contributed by atoms with E-state index in [1.54, 1.807) is 0 Å². The van der Waals surface area contributed by atoms with E-state index in [1.807, 2.05) is 0 Å². The maximum Gasteiger partial charge on any atom is 0.0707 e. The van der Waals surface area contributed by atoms with Crippen LogP contribution in [0.1, 0.15) is 22.7 Å². The van der Waals surface area contributed by atoms with E-state index in [2.05, 4.69) is 227 Å². The van der Waals surface area contributed by atoms with Crippen LogP contribution in [0.15, 0.2) is 212 Å². The maximum atomic E-state index is 3.78. The van der Waals surface area contributed by atoms with Gasteiger partial charge in [0, 0.05) is 38.6 Å². The zero-order chi connectivity index (χ0) is 37.0. The van der Waals surface area contributed by atoms with Gasteiger partial charge in [0.1, 0.15) is 0 Å². The highest BCUT2D eigenvalue weighted by Crippen LogP contribution is 2.39. The lowest BCUT2D eigenvalue weighted by molar-refractivity contribution is 0.767. The molecule has 3 heteroatoms. The number of para-hydroxylation sites is 3. The van der Waals surface area contributed by atoms with Crippen molar-refractivity contribution in [1.29, 1.82) is 0 Å². The molecule has 0 radical (unpaired) electrons. The molecule has 0 saturated heterocycles. The normalized spacial score (nSPS) is 14.2. The van der Waals surface area contributed by atoms with E-state index in [1.165, 1.54) is 82.7 Å². The minimum atomic E-state index is 0.0702. The predicted molar refractivity (Wildman–Crippen MR) is 235 cm³/mol. The number of hydrogen-bond acceptors (Lipinski definition) is 1. The Bertz CT molecular complexity index is 3130. The summed E-state index contributed by atoms with van der Waals surface area (Å²) in [5.74, 6) is 0. The van der Waals surface area contributed by atoms with Crippen LogP contribution in [-0.4, -0.2) is 9.13 Å². The van der Waals surface area contributed by atoms with Crippen LogP contribution in [0.2, 0.25) is 0 Å². The van der Waals surface area contributed by atoms with Crippen molar-refractivity contribution >= 4 is 54.9 Å². The number of rotatable bonds is 6. The van der Waals surface area contributed by atoms with Crippen molar-refractivity contribution in [2.45, 2.75) is 6.04 Å². The van der Waals surface area contributed by atoms with Gasteiger partial charge in [0.2, 0.25) is 0 Å². The van der Waals surface area contributed by atoms with Gasteiger partial charge in [-0.15, -0.1) is 0 Å². The summed E-state index contributed by atoms with van der Waals surface area (Å²) in [6.07, 6.45) is 4.62. The Morgan fingerprint density at radius 3 is 1.41 bits per heavy atom. The van der Waals surface area contributed by atoms with E-state index in [4.69, 9.17) is 0 Å². The van der Waals surface area contributed by atoms with E-state index >= 15 is 0 Å². The average Bonchev–Trinajstić information content (AvgIpc) is 3.79. The summed E-state index contributed by atoms with van der Waals surface area (Å²) in [5, 5.41) is 8.79. The molecule has 0 saturated carbocycles. The number of nitrogens with one attached hydrogen (secondary N) is 1. The zero-order valence-corrected chi connectivity index (χ0v) is 30.7. The minimum absolute atomic E-state index is 0.0702. The lowest BCUT2D eigenvalue weighted by Crippen LogP contribution is -2.21. The van der Waals surface area contributed by atoms with E-state index in [-0.39, 0.29) is 6.04 Å². The molecule has 1 unspecified atom stereocenters. The summed E-state index contributed by atoms with van der Waals surface area (Å²) in [7, 11) is 0. The first kappa shape index (κ1) is 32.1. The fourth-order valence-corrected chi connectivity index (χ4v) is 8.68. The molecule has 1 N–H and O–H groups in total. The minimum Gasteiger partial charge on any atom is -0.374 e. The largest absolute Gasteiger partial charge is 0.374 e. The van der Waals surface area contributed by atoms with Crippen LogP contribution in [-0.2, 0) is 0 Å². The molecule has 2 aromatic heterocycles. The summed E-state index contributed by atoms with van der Waals surface area (Å²) in [6.45, 7) is 0. The smallest absolute Gasteiger partial charge is 0.0707 e. The molecule has 0 fully saturated rings. The van der Waals surface area contributed by atoms with Gasteiger partial charge in [-0.25, -0.2) is 0 Å². The van der Waals surface area contributed by atoms with Crippen molar-refractivity contribution in [1.82, 2.24) is 14.5 Å². The van der Waals surface area contributed by atoms with E-state index < -0.39 is 0 Å². The van der Waals surface area contributed by atoms with E-state index in [9.17, 15) is 0 Å². The molecule has 1 aliphatic rings. The molecule has 10 aromatic rings. The van der Waals surface area contributed by atoms with Gasteiger partial charge in [-0.1, -0.05) is 140 Å². The van der Waals surface area contributed by atoms with Crippen molar-refractivity contribution in [3.8, 4) is 22.5 Å². The second-order valence-electron chi connectivity index (χ2n) is 14.6. The Kier molecular flexibility index (Phi) is 7.56. The summed E-state index contributed by atoms with van der Waals surface area (Å²) in [6, 6.07) is 72.5. The van der Waals surface area contributed by atoms with Crippen LogP contribution in [0.4, 0.5) is 0 Å². The third-order valence-electron chi connectivity index (χ3n) is 11.4. The quantitative estimate of drug-likeness (QED) is 0.182. The summed E-state index contributed by atoms with van der Waals surface area (Å²) in [5.41, 5.74) is 15.5. The molecule has 11 rings (SSSR count). The lowest BCUT2D eigenvalue weighted by Gasteiger charge is -2.25. The van der Waals surface area contributed by atoms with Crippen LogP contribution < -0.4 is 5.32 Å². The first-order chi connectivity index (χ1) is 27.8. The van der Waals surface area contributed by atoms with Crippen LogP contribution in [0, 0.1) is 0 Å². The second kappa shape index (κ2) is 13.2. The number of aromatic nitrogens is 2. The van der Waals surface area contributed by atoms with Crippen LogP contribution in [0.3, 0.4) is 0 Å². The number of hydrogen-bond donors (Lipinski definition) is 1. The van der Waals surface area contributed by atoms with E-state index in [0.717, 1.165) is 11.4 Å². The van der Waals surface area contributed by atoms with Crippen LogP contribution in [0.25, 0.3) is 77.4 Å². The molecule has 0 amide bonds. The maximum absolute atomic E-state index is 3.78. The molecule has 3 heterocycles. The summed E-state index contributed by atoms with van der Waals surface area (Å²) < 4.78 is 4.78. The molecule has 264 valence electrons. The Morgan fingerprint density at radius 2 is 0.821 bits per heavy atom. The van der Waals surface area contributed by atoms with Gasteiger partial charge < -0.3 is 14.5 Å². The van der Waals surface area contributed by atoms with Gasteiger partial charge in [-0.3, -0.25) is 0 Å². The lowest BCUT2D eigenvalue weighted by atomic mass is 9.93. The van der Waals surface area contributed by atoms with Crippen LogP contribution >= 0.6 is 0 Å². The number of benzene rings is 8. The molecule has 0 spiro atoms. The van der Waals surface area contributed by atoms with Gasteiger partial charge in [0.15, 0.2) is 0 Å². The van der Waals surface area contributed by atoms with Crippen molar-refractivity contribution in [3.05, 3.63) is 229 Å². The SMILES string of the molecule is C1=C(c2ccc(-n3c4ccccc4c4cc(-c5ccc6c(c5)c5ccccc5n6-c5ccccc5)ccc43)cc2)C=C(c2ccccc2)NC1c1ccccc1. The topological polar surface area (TPSA) is 21.9 Å². The molecular weight excluding hydrogens is 679 g/mol. The van der Waals surface area contributed by atoms with Gasteiger partial charge in [0.25, 0.3) is 0 Å². The highest BCUT2D eigenvalue weighted by Gasteiger charge is 2.19. The number of nitrogens with zero attached hydrogens (tertiary/aromatic N) is 2. The molecular formula is C53H37N3. The Labute approximate surface area is 325 Å². The van der Waals surface area contributed by atoms with Gasteiger partial charge >= 0.3 is 0 Å². The third kappa shape index (κ3) is 5.36. The average molecular weight is 716 g/mol. The van der Waals surface area contributed by atoms with Crippen molar-refractivity contribution < 1.29 is 0 Å². The van der Waals surface area contributed by atoms with Gasteiger partial charge in [-0.2, -0.15) is 0 Å². The molecule has 1 atom stereocenters. The fourth-order valence-electron chi connectivity index (χ4n) is 8.68. The molecule has 3 nitrogen and oxygen atoms in total. The monoisotopic (exact) mass is 715 g/mol. The predicted octanol–water partition coefficient (Wildman–Crippen LogP) is 13.3.